The number of para-hydroxylation sites is 2. The lowest BCUT2D eigenvalue weighted by molar-refractivity contribution is 0.995. The van der Waals surface area contributed by atoms with E-state index in [0.29, 0.717) is 17.6 Å². The summed E-state index contributed by atoms with van der Waals surface area (Å²) in [6, 6.07) is 70.0. The summed E-state index contributed by atoms with van der Waals surface area (Å²) in [7, 11) is 0. The molecule has 11 rings (SSSR count). The Morgan fingerprint density at radius 2 is 1.05 bits per heavy atom. The Hall–Kier alpha value is -8.74. The lowest BCUT2D eigenvalue weighted by atomic mass is 9.91. The monoisotopic (exact) mass is 820 g/mol. The third-order valence-corrected chi connectivity index (χ3v) is 11.8. The maximum Gasteiger partial charge on any atom is 0.238 e. The largest absolute Gasteiger partial charge is 0.311 e. The van der Waals surface area contributed by atoms with Crippen LogP contribution in [0.4, 0.5) is 34.4 Å². The van der Waals surface area contributed by atoms with Gasteiger partial charge >= 0.3 is 0 Å². The summed E-state index contributed by atoms with van der Waals surface area (Å²) in [4.78, 5) is 25.2. The van der Waals surface area contributed by atoms with Crippen LogP contribution in [-0.4, -0.2) is 19.9 Å². The molecule has 1 aliphatic rings. The molecule has 6 nitrogen and oxygen atoms in total. The van der Waals surface area contributed by atoms with Gasteiger partial charge in [0.25, 0.3) is 0 Å². The predicted octanol–water partition coefficient (Wildman–Crippen LogP) is 15.2. The number of pyridine rings is 1. The minimum absolute atomic E-state index is 0.489. The van der Waals surface area contributed by atoms with Gasteiger partial charge in [-0.3, -0.25) is 4.90 Å². The molecule has 0 radical (unpaired) electrons. The second-order valence-electron chi connectivity index (χ2n) is 15.6. The molecule has 6 heteroatoms. The van der Waals surface area contributed by atoms with Gasteiger partial charge in [0.1, 0.15) is 0 Å². The van der Waals surface area contributed by atoms with Crippen molar-refractivity contribution in [1.29, 1.82) is 0 Å². The van der Waals surface area contributed by atoms with E-state index in [4.69, 9.17) is 19.9 Å². The van der Waals surface area contributed by atoms with E-state index in [9.17, 15) is 0 Å². The minimum Gasteiger partial charge on any atom is -0.311 e. The van der Waals surface area contributed by atoms with E-state index >= 15 is 0 Å². The first kappa shape index (κ1) is 38.2. The maximum atomic E-state index is 5.40. The molecule has 64 heavy (non-hydrogen) atoms. The molecule has 302 valence electrons. The molecule has 0 aliphatic carbocycles. The summed E-state index contributed by atoms with van der Waals surface area (Å²) < 4.78 is 0. The third-order valence-electron chi connectivity index (χ3n) is 11.8. The molecule has 0 saturated carbocycles. The van der Waals surface area contributed by atoms with Crippen LogP contribution in [0.1, 0.15) is 5.82 Å². The van der Waals surface area contributed by atoms with Gasteiger partial charge in [0.05, 0.1) is 22.6 Å². The van der Waals surface area contributed by atoms with E-state index in [2.05, 4.69) is 181 Å². The van der Waals surface area contributed by atoms with Crippen LogP contribution < -0.4 is 9.80 Å². The molecule has 0 spiro atoms. The van der Waals surface area contributed by atoms with E-state index in [1.165, 1.54) is 11.1 Å². The molecule has 0 N–H and O–H groups in total. The quantitative estimate of drug-likeness (QED) is 0.101. The van der Waals surface area contributed by atoms with Gasteiger partial charge in [-0.25, -0.2) is 9.97 Å². The second-order valence-corrected chi connectivity index (χ2v) is 15.6. The number of rotatable bonds is 10. The number of fused-ring (bicyclic) bond motifs is 4. The van der Waals surface area contributed by atoms with E-state index in [-0.39, 0.29) is 0 Å². The minimum atomic E-state index is 0.489. The zero-order chi connectivity index (χ0) is 43.0. The van der Waals surface area contributed by atoms with Crippen molar-refractivity contribution in [2.24, 2.45) is 0 Å². The summed E-state index contributed by atoms with van der Waals surface area (Å²) in [6.07, 6.45) is 5.35. The molecule has 8 aromatic carbocycles. The SMILES string of the molecule is C=C/C=C(\C=C)c1nc(-c2ccccc2)nc(N2c3ccc(-c4ccc(N(c5ccccc5)c5ccc(-c6ccccc6)cc5)cc4)cc3-c3nc4ccccc4c4cccc2c34)n1. The zero-order valence-electron chi connectivity index (χ0n) is 34.9. The van der Waals surface area contributed by atoms with Crippen LogP contribution in [0.25, 0.3) is 72.1 Å². The van der Waals surface area contributed by atoms with Crippen LogP contribution in [0, 0.1) is 0 Å². The molecule has 0 bridgehead atoms. The predicted molar refractivity (Wildman–Crippen MR) is 266 cm³/mol. The van der Waals surface area contributed by atoms with Crippen molar-refractivity contribution in [2.45, 2.75) is 0 Å². The smallest absolute Gasteiger partial charge is 0.238 e. The second kappa shape index (κ2) is 16.3. The molecular weight excluding hydrogens is 781 g/mol. The lowest BCUT2D eigenvalue weighted by Crippen LogP contribution is -2.19. The Labute approximate surface area is 372 Å². The fourth-order valence-corrected chi connectivity index (χ4v) is 8.75. The molecule has 0 unspecified atom stereocenters. The van der Waals surface area contributed by atoms with Gasteiger partial charge in [0.15, 0.2) is 11.6 Å². The van der Waals surface area contributed by atoms with Gasteiger partial charge in [-0.05, 0) is 88.3 Å². The summed E-state index contributed by atoms with van der Waals surface area (Å²) in [5.74, 6) is 1.55. The Bertz CT molecular complexity index is 3400. The Morgan fingerprint density at radius 3 is 1.73 bits per heavy atom. The number of aromatic nitrogens is 4. The third kappa shape index (κ3) is 6.80. The Morgan fingerprint density at radius 1 is 0.469 bits per heavy atom. The first-order valence-electron chi connectivity index (χ1n) is 21.3. The lowest BCUT2D eigenvalue weighted by Gasteiger charge is -2.32. The first-order valence-corrected chi connectivity index (χ1v) is 21.3. The zero-order valence-corrected chi connectivity index (χ0v) is 34.9. The number of benzene rings is 8. The highest BCUT2D eigenvalue weighted by molar-refractivity contribution is 6.20. The average Bonchev–Trinajstić information content (AvgIpc) is 3.37. The normalized spacial score (nSPS) is 11.9. The number of hydrogen-bond acceptors (Lipinski definition) is 6. The molecular formula is C58H40N6. The van der Waals surface area contributed by atoms with Crippen molar-refractivity contribution in [2.75, 3.05) is 9.80 Å². The van der Waals surface area contributed by atoms with Crippen molar-refractivity contribution in [1.82, 2.24) is 19.9 Å². The first-order chi connectivity index (χ1) is 31.6. The van der Waals surface area contributed by atoms with Crippen LogP contribution in [0.5, 0.6) is 0 Å². The van der Waals surface area contributed by atoms with Crippen LogP contribution in [-0.2, 0) is 0 Å². The highest BCUT2D eigenvalue weighted by Gasteiger charge is 2.31. The van der Waals surface area contributed by atoms with Crippen molar-refractivity contribution in [3.05, 3.63) is 237 Å². The van der Waals surface area contributed by atoms with Crippen LogP contribution >= 0.6 is 0 Å². The Balaban J connectivity index is 1.06. The molecule has 3 heterocycles. The summed E-state index contributed by atoms with van der Waals surface area (Å²) in [5.41, 5.74) is 14.1. The fraction of sp³-hybridized carbons (Fsp3) is 0. The van der Waals surface area contributed by atoms with Gasteiger partial charge in [-0.1, -0.05) is 171 Å². The van der Waals surface area contributed by atoms with Crippen molar-refractivity contribution in [3.63, 3.8) is 0 Å². The summed E-state index contributed by atoms with van der Waals surface area (Å²) in [5, 5.41) is 3.23. The highest BCUT2D eigenvalue weighted by Crippen LogP contribution is 2.52. The van der Waals surface area contributed by atoms with E-state index in [1.807, 2.05) is 48.5 Å². The Kier molecular flexibility index (Phi) is 9.71. The molecule has 0 fully saturated rings. The maximum absolute atomic E-state index is 5.40. The van der Waals surface area contributed by atoms with Gasteiger partial charge in [-0.2, -0.15) is 9.97 Å². The van der Waals surface area contributed by atoms with Gasteiger partial charge in [0, 0.05) is 44.5 Å². The van der Waals surface area contributed by atoms with Gasteiger partial charge < -0.3 is 4.90 Å². The molecule has 0 atom stereocenters. The summed E-state index contributed by atoms with van der Waals surface area (Å²) in [6.45, 7) is 8.03. The number of nitrogens with zero attached hydrogens (tertiary/aromatic N) is 6. The topological polar surface area (TPSA) is 58.0 Å². The van der Waals surface area contributed by atoms with Gasteiger partial charge in [0.2, 0.25) is 5.95 Å². The molecule has 1 aliphatic heterocycles. The van der Waals surface area contributed by atoms with Crippen molar-refractivity contribution in [3.8, 4) is 44.9 Å². The molecule has 2 aromatic heterocycles. The van der Waals surface area contributed by atoms with Crippen molar-refractivity contribution >= 4 is 61.6 Å². The molecule has 0 saturated heterocycles. The fourth-order valence-electron chi connectivity index (χ4n) is 8.75. The van der Waals surface area contributed by atoms with Crippen LogP contribution in [0.2, 0.25) is 0 Å². The van der Waals surface area contributed by atoms with E-state index < -0.39 is 0 Å². The molecule has 10 aromatic rings. The number of hydrogen-bond donors (Lipinski definition) is 0. The molecule has 0 amide bonds. The van der Waals surface area contributed by atoms with Gasteiger partial charge in [-0.15, -0.1) is 0 Å². The van der Waals surface area contributed by atoms with Crippen LogP contribution in [0.3, 0.4) is 0 Å². The van der Waals surface area contributed by atoms with E-state index in [0.717, 1.165) is 83.6 Å². The standard InChI is InChI=1S/C58H40N6/c1-3-17-39(4-2)56-60-57(43-20-10-6-11-21-43)62-58(61-56)64-52-37-32-44(38-50(52)55-54-49(25-16-27-53(54)64)48-24-14-15-26-51(48)59-55)42-30-35-47(36-31-42)63(45-22-12-7-13-23-45)46-33-28-41(29-34-46)40-18-8-5-9-19-40/h3-38H,1-2H2/b39-17+. The van der Waals surface area contributed by atoms with Crippen LogP contribution in [0.15, 0.2) is 232 Å². The average molecular weight is 821 g/mol. The number of allylic oxidation sites excluding steroid dienone is 4. The summed E-state index contributed by atoms with van der Waals surface area (Å²) >= 11 is 0. The van der Waals surface area contributed by atoms with E-state index in [1.54, 1.807) is 12.2 Å². The number of anilines is 6. The van der Waals surface area contributed by atoms with Crippen molar-refractivity contribution < 1.29 is 0 Å². The highest BCUT2D eigenvalue weighted by atomic mass is 15.3.